The highest BCUT2D eigenvalue weighted by molar-refractivity contribution is 5.99. The van der Waals surface area contributed by atoms with E-state index in [1.807, 2.05) is 30.3 Å². The van der Waals surface area contributed by atoms with Crippen LogP contribution in [-0.4, -0.2) is 22.7 Å². The molecule has 124 valence electrons. The summed E-state index contributed by atoms with van der Waals surface area (Å²) in [6.45, 7) is 2.03. The van der Waals surface area contributed by atoms with Gasteiger partial charge in [-0.3, -0.25) is 4.79 Å². The van der Waals surface area contributed by atoms with Crippen molar-refractivity contribution < 1.29 is 14.1 Å². The molecule has 2 heterocycles. The first kappa shape index (κ1) is 14.9. The van der Waals surface area contributed by atoms with Crippen LogP contribution in [0.25, 0.3) is 6.08 Å². The van der Waals surface area contributed by atoms with Gasteiger partial charge in [-0.15, -0.1) is 0 Å². The molecule has 0 bridgehead atoms. The van der Waals surface area contributed by atoms with Gasteiger partial charge in [-0.1, -0.05) is 36.2 Å². The zero-order valence-electron chi connectivity index (χ0n) is 13.5. The molecule has 1 aromatic heterocycles. The predicted octanol–water partition coefficient (Wildman–Crippen LogP) is 2.74. The second-order valence-corrected chi connectivity index (χ2v) is 6.38. The number of benzene rings is 1. The Kier molecular flexibility index (Phi) is 3.59. The van der Waals surface area contributed by atoms with Crippen molar-refractivity contribution in [1.82, 2.24) is 15.5 Å². The van der Waals surface area contributed by atoms with Crippen LogP contribution in [0.5, 0.6) is 5.75 Å². The smallest absolute Gasteiger partial charge is 0.251 e. The summed E-state index contributed by atoms with van der Waals surface area (Å²) in [4.78, 5) is 17.2. The number of aromatic nitrogens is 2. The highest BCUT2D eigenvalue weighted by Gasteiger charge is 2.41. The minimum Gasteiger partial charge on any atom is -0.488 e. The van der Waals surface area contributed by atoms with E-state index in [9.17, 15) is 4.79 Å². The third-order valence-electron chi connectivity index (χ3n) is 4.69. The molecule has 0 saturated heterocycles. The second kappa shape index (κ2) is 5.78. The van der Waals surface area contributed by atoms with E-state index >= 15 is 0 Å². The van der Waals surface area contributed by atoms with Gasteiger partial charge in [-0.2, -0.15) is 4.98 Å². The van der Waals surface area contributed by atoms with Crippen LogP contribution in [0.3, 0.4) is 0 Å². The molecular formula is C18H19N3O3. The molecule has 0 atom stereocenters. The van der Waals surface area contributed by atoms with Crippen molar-refractivity contribution >= 4 is 12.0 Å². The monoisotopic (exact) mass is 325 g/mol. The number of carbonyl (C=O) groups excluding carboxylic acids is 1. The number of ether oxygens (including phenoxy) is 1. The number of carbonyl (C=O) groups is 1. The fraction of sp³-hybridized carbons (Fsp3) is 0.389. The first-order valence-electron chi connectivity index (χ1n) is 8.22. The Bertz CT molecular complexity index is 803. The van der Waals surface area contributed by atoms with Crippen molar-refractivity contribution in [2.75, 3.05) is 6.61 Å². The van der Waals surface area contributed by atoms with Crippen molar-refractivity contribution in [3.05, 3.63) is 47.1 Å². The average Bonchev–Trinajstić information content (AvgIpc) is 3.24. The molecule has 0 spiro atoms. The van der Waals surface area contributed by atoms with Crippen LogP contribution >= 0.6 is 0 Å². The van der Waals surface area contributed by atoms with Gasteiger partial charge in [-0.25, -0.2) is 0 Å². The molecule has 1 aliphatic heterocycles. The average molecular weight is 325 g/mol. The lowest BCUT2D eigenvalue weighted by molar-refractivity contribution is -0.119. The highest BCUT2D eigenvalue weighted by Crippen LogP contribution is 2.37. The third-order valence-corrected chi connectivity index (χ3v) is 4.69. The summed E-state index contributed by atoms with van der Waals surface area (Å²) in [5.41, 5.74) is 0.997. The summed E-state index contributed by atoms with van der Waals surface area (Å²) in [7, 11) is 0. The summed E-state index contributed by atoms with van der Waals surface area (Å²) >= 11 is 0. The summed E-state index contributed by atoms with van der Waals surface area (Å²) < 4.78 is 10.8. The Labute approximate surface area is 139 Å². The maximum absolute atomic E-state index is 12.8. The van der Waals surface area contributed by atoms with E-state index in [4.69, 9.17) is 9.26 Å². The van der Waals surface area contributed by atoms with Crippen LogP contribution in [-0.2, 0) is 10.3 Å². The van der Waals surface area contributed by atoms with Gasteiger partial charge in [0, 0.05) is 12.5 Å². The number of rotatable bonds is 3. The Hall–Kier alpha value is -2.63. The van der Waals surface area contributed by atoms with Gasteiger partial charge in [0.1, 0.15) is 17.9 Å². The lowest BCUT2D eigenvalue weighted by Crippen LogP contribution is -2.46. The molecule has 1 amide bonds. The van der Waals surface area contributed by atoms with E-state index in [1.165, 1.54) is 0 Å². The zero-order chi connectivity index (χ0) is 16.6. The first-order valence-corrected chi connectivity index (χ1v) is 8.22. The number of aryl methyl sites for hydroxylation is 1. The third kappa shape index (κ3) is 2.58. The van der Waals surface area contributed by atoms with Gasteiger partial charge in [0.05, 0.1) is 5.57 Å². The summed E-state index contributed by atoms with van der Waals surface area (Å²) in [5.74, 6) is 1.76. The fourth-order valence-electron chi connectivity index (χ4n) is 3.42. The van der Waals surface area contributed by atoms with Crippen LogP contribution in [0.2, 0.25) is 0 Å². The van der Waals surface area contributed by atoms with Crippen LogP contribution in [0.1, 0.15) is 43.0 Å². The molecular weight excluding hydrogens is 306 g/mol. The lowest BCUT2D eigenvalue weighted by atomic mass is 9.95. The number of amides is 1. The number of nitrogens with zero attached hydrogens (tertiary/aromatic N) is 2. The van der Waals surface area contributed by atoms with Crippen LogP contribution in [0, 0.1) is 6.92 Å². The van der Waals surface area contributed by atoms with Crippen molar-refractivity contribution in [2.45, 2.75) is 38.1 Å². The number of nitrogens with one attached hydrogen (secondary N) is 1. The Morgan fingerprint density at radius 2 is 2.04 bits per heavy atom. The van der Waals surface area contributed by atoms with Crippen molar-refractivity contribution in [3.63, 3.8) is 0 Å². The van der Waals surface area contributed by atoms with E-state index < -0.39 is 5.54 Å². The van der Waals surface area contributed by atoms with Gasteiger partial charge in [0.25, 0.3) is 5.91 Å². The molecule has 24 heavy (non-hydrogen) atoms. The topological polar surface area (TPSA) is 77.2 Å². The van der Waals surface area contributed by atoms with E-state index in [2.05, 4.69) is 15.5 Å². The largest absolute Gasteiger partial charge is 0.488 e. The van der Waals surface area contributed by atoms with Crippen molar-refractivity contribution in [2.24, 2.45) is 0 Å². The molecule has 4 rings (SSSR count). The molecule has 1 N–H and O–H groups in total. The van der Waals surface area contributed by atoms with Gasteiger partial charge in [0.2, 0.25) is 5.89 Å². The quantitative estimate of drug-likeness (QED) is 0.939. The maximum atomic E-state index is 12.8. The van der Waals surface area contributed by atoms with E-state index in [1.54, 1.807) is 6.92 Å². The standard InChI is InChI=1S/C18H19N3O3/c1-12-19-17(21-24-12)18(8-4-5-9-18)20-16(22)14-10-13-6-2-3-7-15(13)23-11-14/h2-3,6-7,10H,4-5,8-9,11H2,1H3,(H,20,22). The van der Waals surface area contributed by atoms with E-state index in [0.717, 1.165) is 37.0 Å². The normalized spacial score (nSPS) is 18.5. The molecule has 1 saturated carbocycles. The lowest BCUT2D eigenvalue weighted by Gasteiger charge is -2.28. The molecule has 1 aliphatic carbocycles. The Morgan fingerprint density at radius 1 is 1.25 bits per heavy atom. The summed E-state index contributed by atoms with van der Waals surface area (Å²) in [6, 6.07) is 7.70. The molecule has 1 fully saturated rings. The van der Waals surface area contributed by atoms with Gasteiger partial charge < -0.3 is 14.6 Å². The molecule has 2 aromatic rings. The Balaban J connectivity index is 1.60. The number of para-hydroxylation sites is 1. The zero-order valence-corrected chi connectivity index (χ0v) is 13.5. The van der Waals surface area contributed by atoms with Gasteiger partial charge >= 0.3 is 0 Å². The van der Waals surface area contributed by atoms with Gasteiger partial charge in [-0.05, 0) is 25.0 Å². The number of hydrogen-bond donors (Lipinski definition) is 1. The molecule has 6 heteroatoms. The second-order valence-electron chi connectivity index (χ2n) is 6.38. The van der Waals surface area contributed by atoms with Crippen LogP contribution in [0.4, 0.5) is 0 Å². The van der Waals surface area contributed by atoms with Crippen molar-refractivity contribution in [1.29, 1.82) is 0 Å². The maximum Gasteiger partial charge on any atom is 0.251 e. The van der Waals surface area contributed by atoms with Crippen LogP contribution in [0.15, 0.2) is 34.4 Å². The van der Waals surface area contributed by atoms with Crippen molar-refractivity contribution in [3.8, 4) is 5.75 Å². The fourth-order valence-corrected chi connectivity index (χ4v) is 3.42. The Morgan fingerprint density at radius 3 is 2.79 bits per heavy atom. The molecule has 0 radical (unpaired) electrons. The molecule has 6 nitrogen and oxygen atoms in total. The number of hydrogen-bond acceptors (Lipinski definition) is 5. The summed E-state index contributed by atoms with van der Waals surface area (Å²) in [6.07, 6.45) is 5.60. The highest BCUT2D eigenvalue weighted by atomic mass is 16.5. The minimum atomic E-state index is -0.535. The molecule has 1 aromatic carbocycles. The first-order chi connectivity index (χ1) is 11.7. The molecule has 2 aliphatic rings. The van der Waals surface area contributed by atoms with E-state index in [-0.39, 0.29) is 12.5 Å². The molecule has 0 unspecified atom stereocenters. The minimum absolute atomic E-state index is 0.131. The SMILES string of the molecule is Cc1nc(C2(NC(=O)C3=Cc4ccccc4OC3)CCCC2)no1. The predicted molar refractivity (Wildman–Crippen MR) is 87.2 cm³/mol. The number of fused-ring (bicyclic) bond motifs is 1. The van der Waals surface area contributed by atoms with Crippen LogP contribution < -0.4 is 10.1 Å². The van der Waals surface area contributed by atoms with Gasteiger partial charge in [0.15, 0.2) is 5.82 Å². The van der Waals surface area contributed by atoms with E-state index in [0.29, 0.717) is 17.3 Å². The summed E-state index contributed by atoms with van der Waals surface area (Å²) in [5, 5.41) is 7.20.